The lowest BCUT2D eigenvalue weighted by atomic mass is 10.0. The van der Waals surface area contributed by atoms with E-state index in [1.165, 1.54) is 0 Å². The molecule has 2 aliphatic rings. The van der Waals surface area contributed by atoms with E-state index >= 15 is 0 Å². The van der Waals surface area contributed by atoms with Crippen LogP contribution in [0.25, 0.3) is 0 Å². The monoisotopic (exact) mass is 284 g/mol. The molecule has 0 atom stereocenters. The van der Waals surface area contributed by atoms with E-state index in [4.69, 9.17) is 9.47 Å². The molecule has 2 saturated heterocycles. The van der Waals surface area contributed by atoms with Crippen LogP contribution in [0, 0.1) is 0 Å². The number of amides is 2. The summed E-state index contributed by atoms with van der Waals surface area (Å²) < 4.78 is 10.6. The molecule has 0 saturated carbocycles. The summed E-state index contributed by atoms with van der Waals surface area (Å²) in [6, 6.07) is 0. The first-order chi connectivity index (χ1) is 9.50. The fraction of sp³-hybridized carbons (Fsp3) is 0.857. The lowest BCUT2D eigenvalue weighted by Crippen LogP contribution is -2.55. The molecule has 0 aliphatic carbocycles. The highest BCUT2D eigenvalue weighted by Crippen LogP contribution is 2.20. The molecule has 0 aromatic rings. The summed E-state index contributed by atoms with van der Waals surface area (Å²) in [5.74, 6) is 0.0904. The summed E-state index contributed by atoms with van der Waals surface area (Å²) in [6.45, 7) is 8.18. The van der Waals surface area contributed by atoms with Crippen LogP contribution < -0.4 is 0 Å². The third-order valence-electron chi connectivity index (χ3n) is 3.86. The molecule has 0 N–H and O–H groups in total. The Balaban J connectivity index is 1.80. The molecular formula is C14H24N2O4. The molecule has 20 heavy (non-hydrogen) atoms. The molecule has 2 heterocycles. The van der Waals surface area contributed by atoms with Gasteiger partial charge in [-0.2, -0.15) is 0 Å². The van der Waals surface area contributed by atoms with Crippen LogP contribution in [0.15, 0.2) is 0 Å². The van der Waals surface area contributed by atoms with Gasteiger partial charge in [-0.05, 0) is 13.8 Å². The first kappa shape index (κ1) is 15.3. The van der Waals surface area contributed by atoms with Gasteiger partial charge in [-0.15, -0.1) is 0 Å². The Morgan fingerprint density at radius 3 is 2.20 bits per heavy atom. The molecular weight excluding hydrogens is 260 g/mol. The number of nitrogens with zero attached hydrogens (tertiary/aromatic N) is 2. The third kappa shape index (κ3) is 3.70. The summed E-state index contributed by atoms with van der Waals surface area (Å²) >= 11 is 0. The maximum atomic E-state index is 12.3. The predicted molar refractivity (Wildman–Crippen MR) is 73.2 cm³/mol. The van der Waals surface area contributed by atoms with Crippen molar-refractivity contribution in [2.75, 3.05) is 46.1 Å². The molecule has 6 nitrogen and oxygen atoms in total. The van der Waals surface area contributed by atoms with Crippen molar-refractivity contribution < 1.29 is 19.1 Å². The summed E-state index contributed by atoms with van der Waals surface area (Å²) in [5.41, 5.74) is -0.280. The van der Waals surface area contributed by atoms with E-state index in [1.54, 1.807) is 4.90 Å². The van der Waals surface area contributed by atoms with E-state index in [-0.39, 0.29) is 30.2 Å². The van der Waals surface area contributed by atoms with Crippen LogP contribution in [0.2, 0.25) is 0 Å². The fourth-order valence-corrected chi connectivity index (χ4v) is 2.64. The Labute approximate surface area is 120 Å². The number of morpholine rings is 2. The zero-order valence-corrected chi connectivity index (χ0v) is 12.4. The highest BCUT2D eigenvalue weighted by molar-refractivity contribution is 5.84. The van der Waals surface area contributed by atoms with Crippen molar-refractivity contribution in [2.24, 2.45) is 0 Å². The van der Waals surface area contributed by atoms with E-state index in [0.29, 0.717) is 46.1 Å². The Bertz CT molecular complexity index is 364. The van der Waals surface area contributed by atoms with Gasteiger partial charge in [0.25, 0.3) is 0 Å². The van der Waals surface area contributed by atoms with E-state index < -0.39 is 0 Å². The van der Waals surface area contributed by atoms with Crippen LogP contribution >= 0.6 is 0 Å². The Morgan fingerprint density at radius 1 is 0.950 bits per heavy atom. The van der Waals surface area contributed by atoms with E-state index in [2.05, 4.69) is 0 Å². The molecule has 0 radical (unpaired) electrons. The number of carbonyl (C=O) groups excluding carboxylic acids is 2. The quantitative estimate of drug-likeness (QED) is 0.746. The predicted octanol–water partition coefficient (Wildman–Crippen LogP) is 0.263. The van der Waals surface area contributed by atoms with Gasteiger partial charge in [0, 0.05) is 32.5 Å². The minimum absolute atomic E-state index is 0.0416. The van der Waals surface area contributed by atoms with E-state index in [0.717, 1.165) is 0 Å². The molecule has 2 fully saturated rings. The molecule has 0 spiro atoms. The van der Waals surface area contributed by atoms with Crippen molar-refractivity contribution in [3.05, 3.63) is 0 Å². The van der Waals surface area contributed by atoms with Crippen molar-refractivity contribution in [3.8, 4) is 0 Å². The van der Waals surface area contributed by atoms with Gasteiger partial charge in [-0.25, -0.2) is 0 Å². The summed E-state index contributed by atoms with van der Waals surface area (Å²) in [7, 11) is 0. The van der Waals surface area contributed by atoms with Gasteiger partial charge in [0.15, 0.2) is 0 Å². The molecule has 0 bridgehead atoms. The van der Waals surface area contributed by atoms with Crippen molar-refractivity contribution in [2.45, 2.75) is 32.2 Å². The van der Waals surface area contributed by atoms with Gasteiger partial charge < -0.3 is 19.3 Å². The van der Waals surface area contributed by atoms with Crippen molar-refractivity contribution >= 4 is 11.8 Å². The van der Waals surface area contributed by atoms with Crippen molar-refractivity contribution in [1.82, 2.24) is 9.80 Å². The summed E-state index contributed by atoms with van der Waals surface area (Å²) in [5, 5.41) is 0. The Morgan fingerprint density at radius 2 is 1.55 bits per heavy atom. The number of hydrogen-bond donors (Lipinski definition) is 0. The van der Waals surface area contributed by atoms with Gasteiger partial charge in [0.1, 0.15) is 0 Å². The highest BCUT2D eigenvalue weighted by atomic mass is 16.5. The van der Waals surface area contributed by atoms with Crippen LogP contribution in [-0.2, 0) is 19.1 Å². The number of carbonyl (C=O) groups is 2. The molecule has 2 amide bonds. The highest BCUT2D eigenvalue weighted by Gasteiger charge is 2.34. The number of hydrogen-bond acceptors (Lipinski definition) is 4. The second kappa shape index (κ2) is 6.54. The lowest BCUT2D eigenvalue weighted by Gasteiger charge is -2.42. The molecule has 2 rings (SSSR count). The fourth-order valence-electron chi connectivity index (χ4n) is 2.64. The molecule has 0 aromatic carbocycles. The minimum atomic E-state index is -0.280. The zero-order valence-electron chi connectivity index (χ0n) is 12.4. The number of ether oxygens (including phenoxy) is 2. The average molecular weight is 284 g/mol. The third-order valence-corrected chi connectivity index (χ3v) is 3.86. The second-order valence-corrected chi connectivity index (χ2v) is 5.90. The average Bonchev–Trinajstić information content (AvgIpc) is 2.45. The second-order valence-electron chi connectivity index (χ2n) is 5.90. The van der Waals surface area contributed by atoms with Crippen LogP contribution in [-0.4, -0.2) is 73.2 Å². The summed E-state index contributed by atoms with van der Waals surface area (Å²) in [6.07, 6.45) is 0.561. The molecule has 2 aliphatic heterocycles. The summed E-state index contributed by atoms with van der Waals surface area (Å²) in [4.78, 5) is 27.9. The normalized spacial score (nSPS) is 22.7. The molecule has 0 unspecified atom stereocenters. The SMILES string of the molecule is CC1(C)COCCN1C(=O)CCC(=O)N1CCOCC1. The van der Waals surface area contributed by atoms with Crippen molar-refractivity contribution in [1.29, 1.82) is 0 Å². The standard InChI is InChI=1S/C14H24N2O4/c1-14(2)11-20-10-7-16(14)13(18)4-3-12(17)15-5-8-19-9-6-15/h3-11H2,1-2H3. The van der Waals surface area contributed by atoms with Crippen molar-refractivity contribution in [3.63, 3.8) is 0 Å². The van der Waals surface area contributed by atoms with Crippen LogP contribution in [0.4, 0.5) is 0 Å². The van der Waals surface area contributed by atoms with E-state index in [9.17, 15) is 9.59 Å². The Kier molecular flexibility index (Phi) is 4.99. The van der Waals surface area contributed by atoms with Gasteiger partial charge in [-0.1, -0.05) is 0 Å². The van der Waals surface area contributed by atoms with Gasteiger partial charge in [0.2, 0.25) is 11.8 Å². The van der Waals surface area contributed by atoms with Gasteiger partial charge in [0.05, 0.1) is 32.0 Å². The first-order valence-electron chi connectivity index (χ1n) is 7.24. The molecule has 6 heteroatoms. The van der Waals surface area contributed by atoms with Gasteiger partial charge in [-0.3, -0.25) is 9.59 Å². The minimum Gasteiger partial charge on any atom is -0.378 e. The maximum Gasteiger partial charge on any atom is 0.223 e. The van der Waals surface area contributed by atoms with Crippen LogP contribution in [0.1, 0.15) is 26.7 Å². The van der Waals surface area contributed by atoms with E-state index in [1.807, 2.05) is 18.7 Å². The van der Waals surface area contributed by atoms with Gasteiger partial charge >= 0.3 is 0 Å². The largest absolute Gasteiger partial charge is 0.378 e. The topological polar surface area (TPSA) is 59.1 Å². The molecule has 114 valence electrons. The van der Waals surface area contributed by atoms with Crippen LogP contribution in [0.3, 0.4) is 0 Å². The zero-order chi connectivity index (χ0) is 14.6. The first-order valence-corrected chi connectivity index (χ1v) is 7.24. The Hall–Kier alpha value is -1.14. The smallest absolute Gasteiger partial charge is 0.223 e. The van der Waals surface area contributed by atoms with Crippen LogP contribution in [0.5, 0.6) is 0 Å². The lowest BCUT2D eigenvalue weighted by molar-refractivity contribution is -0.148. The molecule has 0 aromatic heterocycles. The maximum absolute atomic E-state index is 12.3. The number of rotatable bonds is 3.